The van der Waals surface area contributed by atoms with Gasteiger partial charge in [0.25, 0.3) is 0 Å². The standard InChI is InChI=1S/C10H11ClF2OS/c1-10(2,15)6-3-4-8(7(11)5-6)14-9(12)13/h3-5,9,15H,1-2H3. The molecule has 5 heteroatoms. The average molecular weight is 253 g/mol. The number of alkyl halides is 2. The van der Waals surface area contributed by atoms with E-state index in [0.29, 0.717) is 0 Å². The fourth-order valence-electron chi connectivity index (χ4n) is 1.07. The quantitative estimate of drug-likeness (QED) is 0.797. The van der Waals surface area contributed by atoms with Crippen LogP contribution in [-0.2, 0) is 4.75 Å². The summed E-state index contributed by atoms with van der Waals surface area (Å²) in [6.07, 6.45) is 0. The molecule has 0 N–H and O–H groups in total. The smallest absolute Gasteiger partial charge is 0.387 e. The van der Waals surface area contributed by atoms with Gasteiger partial charge in [-0.2, -0.15) is 21.4 Å². The summed E-state index contributed by atoms with van der Waals surface area (Å²) >= 11 is 10.1. The van der Waals surface area contributed by atoms with E-state index in [0.717, 1.165) is 5.56 Å². The Hall–Kier alpha value is -0.480. The lowest BCUT2D eigenvalue weighted by Crippen LogP contribution is -2.08. The molecule has 84 valence electrons. The minimum Gasteiger partial charge on any atom is -0.433 e. The maximum Gasteiger partial charge on any atom is 0.387 e. The maximum atomic E-state index is 11.9. The van der Waals surface area contributed by atoms with Crippen LogP contribution >= 0.6 is 24.2 Å². The van der Waals surface area contributed by atoms with Crippen molar-refractivity contribution in [1.29, 1.82) is 0 Å². The first kappa shape index (κ1) is 12.6. The van der Waals surface area contributed by atoms with Crippen LogP contribution in [0.5, 0.6) is 5.75 Å². The number of benzene rings is 1. The van der Waals surface area contributed by atoms with Crippen LogP contribution in [0.25, 0.3) is 0 Å². The number of rotatable bonds is 3. The zero-order chi connectivity index (χ0) is 11.6. The van der Waals surface area contributed by atoms with Crippen LogP contribution in [0.3, 0.4) is 0 Å². The summed E-state index contributed by atoms with van der Waals surface area (Å²) in [5.41, 5.74) is 0.845. The normalized spacial score (nSPS) is 11.9. The van der Waals surface area contributed by atoms with Crippen LogP contribution < -0.4 is 4.74 Å². The predicted octanol–water partition coefficient (Wildman–Crippen LogP) is 4.11. The second-order valence-electron chi connectivity index (χ2n) is 3.58. The van der Waals surface area contributed by atoms with Gasteiger partial charge in [0.1, 0.15) is 5.75 Å². The van der Waals surface area contributed by atoms with Gasteiger partial charge in [0.05, 0.1) is 5.02 Å². The van der Waals surface area contributed by atoms with E-state index in [1.165, 1.54) is 6.07 Å². The Morgan fingerprint density at radius 1 is 1.40 bits per heavy atom. The summed E-state index contributed by atoms with van der Waals surface area (Å²) in [6.45, 7) is 0.905. The van der Waals surface area contributed by atoms with Crippen molar-refractivity contribution in [3.63, 3.8) is 0 Å². The van der Waals surface area contributed by atoms with Crippen LogP contribution in [0.4, 0.5) is 8.78 Å². The molecule has 0 unspecified atom stereocenters. The summed E-state index contributed by atoms with van der Waals surface area (Å²) in [5, 5.41) is 0.162. The van der Waals surface area contributed by atoms with Crippen molar-refractivity contribution >= 4 is 24.2 Å². The minimum absolute atomic E-state index is 0.0204. The minimum atomic E-state index is -2.86. The van der Waals surface area contributed by atoms with Gasteiger partial charge in [-0.3, -0.25) is 0 Å². The van der Waals surface area contributed by atoms with E-state index in [4.69, 9.17) is 11.6 Å². The zero-order valence-corrected chi connectivity index (χ0v) is 9.95. The number of thiol groups is 1. The average Bonchev–Trinajstić information content (AvgIpc) is 2.05. The fourth-order valence-corrected chi connectivity index (χ4v) is 1.44. The lowest BCUT2D eigenvalue weighted by Gasteiger charge is -2.19. The topological polar surface area (TPSA) is 9.23 Å². The van der Waals surface area contributed by atoms with Crippen LogP contribution in [0.1, 0.15) is 19.4 Å². The molecule has 0 saturated heterocycles. The Morgan fingerprint density at radius 2 is 2.00 bits per heavy atom. The molecule has 1 rings (SSSR count). The second kappa shape index (κ2) is 4.58. The lowest BCUT2D eigenvalue weighted by atomic mass is 10.0. The van der Waals surface area contributed by atoms with Gasteiger partial charge in [0.15, 0.2) is 0 Å². The Morgan fingerprint density at radius 3 is 2.40 bits per heavy atom. The van der Waals surface area contributed by atoms with Crippen LogP contribution in [0.15, 0.2) is 18.2 Å². The Labute approximate surface area is 97.8 Å². The molecule has 0 spiro atoms. The highest BCUT2D eigenvalue weighted by Gasteiger charge is 2.17. The molecule has 0 fully saturated rings. The number of hydrogen-bond donors (Lipinski definition) is 1. The third-order valence-electron chi connectivity index (χ3n) is 1.85. The first-order valence-corrected chi connectivity index (χ1v) is 5.10. The molecule has 1 aromatic rings. The van der Waals surface area contributed by atoms with Gasteiger partial charge < -0.3 is 4.74 Å². The maximum absolute atomic E-state index is 11.9. The van der Waals surface area contributed by atoms with Gasteiger partial charge in [-0.25, -0.2) is 0 Å². The lowest BCUT2D eigenvalue weighted by molar-refractivity contribution is -0.0497. The van der Waals surface area contributed by atoms with Crippen molar-refractivity contribution in [2.24, 2.45) is 0 Å². The van der Waals surface area contributed by atoms with Gasteiger partial charge in [-0.1, -0.05) is 17.7 Å². The molecule has 0 saturated carbocycles. The van der Waals surface area contributed by atoms with E-state index in [2.05, 4.69) is 17.4 Å². The highest BCUT2D eigenvalue weighted by Crippen LogP contribution is 2.33. The van der Waals surface area contributed by atoms with Crippen molar-refractivity contribution in [2.45, 2.75) is 25.2 Å². The molecule has 0 atom stereocenters. The van der Waals surface area contributed by atoms with Crippen molar-refractivity contribution < 1.29 is 13.5 Å². The van der Waals surface area contributed by atoms with Gasteiger partial charge in [0.2, 0.25) is 0 Å². The van der Waals surface area contributed by atoms with E-state index in [1.807, 2.05) is 13.8 Å². The third kappa shape index (κ3) is 3.54. The molecule has 0 aliphatic rings. The van der Waals surface area contributed by atoms with Crippen LogP contribution in [0, 0.1) is 0 Å². The monoisotopic (exact) mass is 252 g/mol. The van der Waals surface area contributed by atoms with E-state index < -0.39 is 6.61 Å². The number of hydrogen-bond acceptors (Lipinski definition) is 2. The van der Waals surface area contributed by atoms with Crippen molar-refractivity contribution in [1.82, 2.24) is 0 Å². The van der Waals surface area contributed by atoms with E-state index in [1.54, 1.807) is 12.1 Å². The largest absolute Gasteiger partial charge is 0.433 e. The van der Waals surface area contributed by atoms with Crippen molar-refractivity contribution in [3.05, 3.63) is 28.8 Å². The first-order chi connectivity index (χ1) is 6.80. The van der Waals surface area contributed by atoms with Gasteiger partial charge in [-0.15, -0.1) is 0 Å². The van der Waals surface area contributed by atoms with Gasteiger partial charge >= 0.3 is 6.61 Å². The van der Waals surface area contributed by atoms with Gasteiger partial charge in [-0.05, 0) is 31.5 Å². The predicted molar refractivity (Wildman–Crippen MR) is 60.1 cm³/mol. The molecular formula is C10H11ClF2OS. The Kier molecular flexibility index (Phi) is 3.84. The number of halogens is 3. The van der Waals surface area contributed by atoms with Gasteiger partial charge in [0, 0.05) is 4.75 Å². The Bertz CT molecular complexity index is 350. The van der Waals surface area contributed by atoms with E-state index in [-0.39, 0.29) is 15.5 Å². The molecule has 15 heavy (non-hydrogen) atoms. The molecule has 1 aromatic carbocycles. The summed E-state index contributed by atoms with van der Waals surface area (Å²) in [4.78, 5) is 0. The molecule has 0 amide bonds. The summed E-state index contributed by atoms with van der Waals surface area (Å²) in [5.74, 6) is -0.0204. The molecule has 0 aliphatic carbocycles. The van der Waals surface area contributed by atoms with E-state index >= 15 is 0 Å². The summed E-state index contributed by atoms with van der Waals surface area (Å²) in [7, 11) is 0. The molecule has 0 aromatic heterocycles. The SMILES string of the molecule is CC(C)(S)c1ccc(OC(F)F)c(Cl)c1. The number of ether oxygens (including phenoxy) is 1. The van der Waals surface area contributed by atoms with Crippen molar-refractivity contribution in [3.8, 4) is 5.75 Å². The zero-order valence-electron chi connectivity index (χ0n) is 8.30. The molecular weight excluding hydrogens is 242 g/mol. The van der Waals surface area contributed by atoms with E-state index in [9.17, 15) is 8.78 Å². The first-order valence-electron chi connectivity index (χ1n) is 4.28. The second-order valence-corrected chi connectivity index (χ2v) is 5.11. The highest BCUT2D eigenvalue weighted by atomic mass is 35.5. The molecule has 0 heterocycles. The molecule has 1 nitrogen and oxygen atoms in total. The highest BCUT2D eigenvalue weighted by molar-refractivity contribution is 7.81. The molecule has 0 aliphatic heterocycles. The van der Waals surface area contributed by atoms with Crippen LogP contribution in [-0.4, -0.2) is 6.61 Å². The Balaban J connectivity index is 2.98. The molecule has 0 bridgehead atoms. The van der Waals surface area contributed by atoms with Crippen molar-refractivity contribution in [2.75, 3.05) is 0 Å². The fraction of sp³-hybridized carbons (Fsp3) is 0.400. The summed E-state index contributed by atoms with van der Waals surface area (Å²) in [6, 6.07) is 4.66. The summed E-state index contributed by atoms with van der Waals surface area (Å²) < 4.78 is 27.7. The molecule has 0 radical (unpaired) electrons. The third-order valence-corrected chi connectivity index (χ3v) is 2.41. The van der Waals surface area contributed by atoms with Crippen LogP contribution in [0.2, 0.25) is 5.02 Å².